The predicted octanol–water partition coefficient (Wildman–Crippen LogP) is 4.57. The largest absolute Gasteiger partial charge is 0.494 e. The molecular weight excluding hydrogens is 326 g/mol. The number of benzene rings is 2. The first-order chi connectivity index (χ1) is 10.3. The Balaban J connectivity index is 1.74. The SMILES string of the molecule is CCCOc1cccc(CNCCc2ccc(Br)cc2)c1. The predicted molar refractivity (Wildman–Crippen MR) is 91.8 cm³/mol. The van der Waals surface area contributed by atoms with E-state index in [1.807, 2.05) is 6.07 Å². The summed E-state index contributed by atoms with van der Waals surface area (Å²) in [5, 5.41) is 3.48. The van der Waals surface area contributed by atoms with Crippen LogP contribution in [0.1, 0.15) is 24.5 Å². The van der Waals surface area contributed by atoms with Gasteiger partial charge in [-0.05, 0) is 54.8 Å². The topological polar surface area (TPSA) is 21.3 Å². The van der Waals surface area contributed by atoms with Gasteiger partial charge in [-0.15, -0.1) is 0 Å². The third kappa shape index (κ3) is 5.90. The van der Waals surface area contributed by atoms with Gasteiger partial charge in [0.2, 0.25) is 0 Å². The number of rotatable bonds is 8. The van der Waals surface area contributed by atoms with Crippen molar-refractivity contribution in [2.75, 3.05) is 13.2 Å². The van der Waals surface area contributed by atoms with Gasteiger partial charge in [0.1, 0.15) is 5.75 Å². The zero-order chi connectivity index (χ0) is 14.9. The molecule has 2 nitrogen and oxygen atoms in total. The lowest BCUT2D eigenvalue weighted by Gasteiger charge is -2.08. The Kier molecular flexibility index (Phi) is 6.77. The highest BCUT2D eigenvalue weighted by atomic mass is 79.9. The smallest absolute Gasteiger partial charge is 0.119 e. The summed E-state index contributed by atoms with van der Waals surface area (Å²) in [6, 6.07) is 16.8. The monoisotopic (exact) mass is 347 g/mol. The molecule has 0 fully saturated rings. The number of hydrogen-bond donors (Lipinski definition) is 1. The first-order valence-electron chi connectivity index (χ1n) is 7.45. The molecule has 2 aromatic rings. The molecule has 0 amide bonds. The Bertz CT molecular complexity index is 539. The molecule has 0 saturated heterocycles. The third-order valence-electron chi connectivity index (χ3n) is 3.20. The fraction of sp³-hybridized carbons (Fsp3) is 0.333. The van der Waals surface area contributed by atoms with E-state index in [1.165, 1.54) is 11.1 Å². The van der Waals surface area contributed by atoms with Gasteiger partial charge in [0.05, 0.1) is 6.61 Å². The van der Waals surface area contributed by atoms with Crippen LogP contribution in [0, 0.1) is 0 Å². The molecular formula is C18H22BrNO. The minimum absolute atomic E-state index is 0.778. The molecule has 1 N–H and O–H groups in total. The molecule has 0 aliphatic carbocycles. The second kappa shape index (κ2) is 8.85. The number of nitrogens with one attached hydrogen (secondary N) is 1. The molecule has 0 aromatic heterocycles. The van der Waals surface area contributed by atoms with Gasteiger partial charge in [-0.2, -0.15) is 0 Å². The molecule has 0 radical (unpaired) electrons. The Morgan fingerprint density at radius 2 is 1.86 bits per heavy atom. The Labute approximate surface area is 135 Å². The highest BCUT2D eigenvalue weighted by Crippen LogP contribution is 2.14. The molecule has 2 aromatic carbocycles. The lowest BCUT2D eigenvalue weighted by Crippen LogP contribution is -2.16. The lowest BCUT2D eigenvalue weighted by molar-refractivity contribution is 0.317. The summed E-state index contributed by atoms with van der Waals surface area (Å²) < 4.78 is 6.78. The normalized spacial score (nSPS) is 10.6. The van der Waals surface area contributed by atoms with Gasteiger partial charge < -0.3 is 10.1 Å². The second-order valence-electron chi connectivity index (χ2n) is 5.05. The molecule has 0 bridgehead atoms. The van der Waals surface area contributed by atoms with E-state index in [1.54, 1.807) is 0 Å². The number of halogens is 1. The Morgan fingerprint density at radius 3 is 2.62 bits per heavy atom. The van der Waals surface area contributed by atoms with Crippen molar-refractivity contribution < 1.29 is 4.74 Å². The van der Waals surface area contributed by atoms with Gasteiger partial charge in [-0.25, -0.2) is 0 Å². The molecule has 0 unspecified atom stereocenters. The van der Waals surface area contributed by atoms with Crippen molar-refractivity contribution in [3.8, 4) is 5.75 Å². The maximum Gasteiger partial charge on any atom is 0.119 e. The van der Waals surface area contributed by atoms with E-state index in [9.17, 15) is 0 Å². The number of ether oxygens (including phenoxy) is 1. The van der Waals surface area contributed by atoms with Crippen molar-refractivity contribution in [2.24, 2.45) is 0 Å². The summed E-state index contributed by atoms with van der Waals surface area (Å²) in [4.78, 5) is 0. The van der Waals surface area contributed by atoms with E-state index in [2.05, 4.69) is 70.6 Å². The Hall–Kier alpha value is -1.32. The van der Waals surface area contributed by atoms with Crippen LogP contribution in [-0.2, 0) is 13.0 Å². The van der Waals surface area contributed by atoms with Gasteiger partial charge in [-0.1, -0.05) is 47.1 Å². The second-order valence-corrected chi connectivity index (χ2v) is 5.96. The molecule has 112 valence electrons. The molecule has 0 aliphatic rings. The van der Waals surface area contributed by atoms with Crippen molar-refractivity contribution in [3.63, 3.8) is 0 Å². The van der Waals surface area contributed by atoms with Gasteiger partial charge in [-0.3, -0.25) is 0 Å². The van der Waals surface area contributed by atoms with Gasteiger partial charge in [0.15, 0.2) is 0 Å². The fourth-order valence-electron chi connectivity index (χ4n) is 2.08. The van der Waals surface area contributed by atoms with Crippen LogP contribution in [0.5, 0.6) is 5.75 Å². The Morgan fingerprint density at radius 1 is 1.05 bits per heavy atom. The van der Waals surface area contributed by atoms with E-state index in [4.69, 9.17) is 4.74 Å². The van der Waals surface area contributed by atoms with Gasteiger partial charge in [0.25, 0.3) is 0 Å². The summed E-state index contributed by atoms with van der Waals surface area (Å²) in [7, 11) is 0. The molecule has 3 heteroatoms. The van der Waals surface area contributed by atoms with Crippen LogP contribution < -0.4 is 10.1 Å². The summed E-state index contributed by atoms with van der Waals surface area (Å²) in [6.45, 7) is 4.75. The maximum atomic E-state index is 5.65. The van der Waals surface area contributed by atoms with Crippen LogP contribution in [0.4, 0.5) is 0 Å². The zero-order valence-electron chi connectivity index (χ0n) is 12.4. The first kappa shape index (κ1) is 16.1. The zero-order valence-corrected chi connectivity index (χ0v) is 14.0. The van der Waals surface area contributed by atoms with E-state index in [0.29, 0.717) is 0 Å². The van der Waals surface area contributed by atoms with Crippen LogP contribution in [0.15, 0.2) is 53.0 Å². The molecule has 0 atom stereocenters. The highest BCUT2D eigenvalue weighted by Gasteiger charge is 1.98. The van der Waals surface area contributed by atoms with Crippen molar-refractivity contribution in [2.45, 2.75) is 26.3 Å². The van der Waals surface area contributed by atoms with Crippen LogP contribution in [0.2, 0.25) is 0 Å². The highest BCUT2D eigenvalue weighted by molar-refractivity contribution is 9.10. The molecule has 0 heterocycles. The van der Waals surface area contributed by atoms with E-state index < -0.39 is 0 Å². The standard InChI is InChI=1S/C18H22BrNO/c1-2-12-21-18-5-3-4-16(13-18)14-20-11-10-15-6-8-17(19)9-7-15/h3-9,13,20H,2,10-12,14H2,1H3. The molecule has 0 spiro atoms. The maximum absolute atomic E-state index is 5.65. The molecule has 21 heavy (non-hydrogen) atoms. The van der Waals surface area contributed by atoms with Gasteiger partial charge in [0, 0.05) is 11.0 Å². The number of hydrogen-bond acceptors (Lipinski definition) is 2. The molecule has 0 aliphatic heterocycles. The van der Waals surface area contributed by atoms with Crippen molar-refractivity contribution in [1.29, 1.82) is 0 Å². The van der Waals surface area contributed by atoms with Crippen LogP contribution in [0.25, 0.3) is 0 Å². The summed E-state index contributed by atoms with van der Waals surface area (Å²) >= 11 is 3.45. The summed E-state index contributed by atoms with van der Waals surface area (Å²) in [5.41, 5.74) is 2.62. The van der Waals surface area contributed by atoms with Gasteiger partial charge >= 0.3 is 0 Å². The quantitative estimate of drug-likeness (QED) is 0.706. The minimum atomic E-state index is 0.778. The molecule has 0 saturated carbocycles. The van der Waals surface area contributed by atoms with E-state index in [-0.39, 0.29) is 0 Å². The van der Waals surface area contributed by atoms with E-state index >= 15 is 0 Å². The first-order valence-corrected chi connectivity index (χ1v) is 8.24. The van der Waals surface area contributed by atoms with Crippen LogP contribution in [0.3, 0.4) is 0 Å². The van der Waals surface area contributed by atoms with Crippen molar-refractivity contribution >= 4 is 15.9 Å². The van der Waals surface area contributed by atoms with Crippen LogP contribution in [-0.4, -0.2) is 13.2 Å². The summed E-state index contributed by atoms with van der Waals surface area (Å²) in [6.07, 6.45) is 2.08. The van der Waals surface area contributed by atoms with Crippen molar-refractivity contribution in [1.82, 2.24) is 5.32 Å². The molecule has 2 rings (SSSR count). The third-order valence-corrected chi connectivity index (χ3v) is 3.73. The van der Waals surface area contributed by atoms with E-state index in [0.717, 1.165) is 42.8 Å². The van der Waals surface area contributed by atoms with Crippen LogP contribution >= 0.6 is 15.9 Å². The summed E-state index contributed by atoms with van der Waals surface area (Å²) in [5.74, 6) is 0.962. The average Bonchev–Trinajstić information content (AvgIpc) is 2.52. The lowest BCUT2D eigenvalue weighted by atomic mass is 10.1. The minimum Gasteiger partial charge on any atom is -0.494 e. The fourth-order valence-corrected chi connectivity index (χ4v) is 2.35. The van der Waals surface area contributed by atoms with Crippen molar-refractivity contribution in [3.05, 3.63) is 64.1 Å². The average molecular weight is 348 g/mol.